The second kappa shape index (κ2) is 5.42. The summed E-state index contributed by atoms with van der Waals surface area (Å²) >= 11 is 5.85. The van der Waals surface area contributed by atoms with Crippen LogP contribution in [0.3, 0.4) is 0 Å². The van der Waals surface area contributed by atoms with Crippen LogP contribution in [0.2, 0.25) is 5.02 Å². The highest BCUT2D eigenvalue weighted by Gasteiger charge is 2.06. The summed E-state index contributed by atoms with van der Waals surface area (Å²) in [6.45, 7) is 3.26. The fourth-order valence-electron chi connectivity index (χ4n) is 1.86. The molecule has 0 saturated carbocycles. The second-order valence-corrected chi connectivity index (χ2v) is 4.67. The van der Waals surface area contributed by atoms with Crippen LogP contribution in [0.5, 0.6) is 5.75 Å². The van der Waals surface area contributed by atoms with E-state index in [-0.39, 0.29) is 5.75 Å². The van der Waals surface area contributed by atoms with Crippen LogP contribution in [-0.2, 0) is 20.1 Å². The lowest BCUT2D eigenvalue weighted by Gasteiger charge is -2.07. The maximum absolute atomic E-state index is 9.77. The van der Waals surface area contributed by atoms with Crippen molar-refractivity contribution in [2.45, 2.75) is 20.0 Å². The van der Waals surface area contributed by atoms with E-state index in [1.807, 2.05) is 32.3 Å². The summed E-state index contributed by atoms with van der Waals surface area (Å²) in [6.07, 6.45) is 1.99. The molecule has 0 amide bonds. The van der Waals surface area contributed by atoms with Gasteiger partial charge < -0.3 is 10.4 Å². The number of hydrogen-bond donors (Lipinski definition) is 2. The molecule has 2 aromatic rings. The number of aromatic hydroxyl groups is 1. The van der Waals surface area contributed by atoms with Crippen LogP contribution in [-0.4, -0.2) is 14.9 Å². The van der Waals surface area contributed by atoms with Gasteiger partial charge in [0.05, 0.1) is 10.7 Å². The second-order valence-electron chi connectivity index (χ2n) is 4.26. The van der Waals surface area contributed by atoms with Crippen LogP contribution in [0.25, 0.3) is 0 Å². The molecule has 2 N–H and O–H groups in total. The minimum atomic E-state index is 0.148. The number of nitrogens with one attached hydrogen (secondary N) is 1. The number of benzene rings is 1. The number of aromatic nitrogens is 2. The number of aryl methyl sites for hydroxylation is 2. The Balaban J connectivity index is 1.96. The molecule has 1 aromatic carbocycles. The van der Waals surface area contributed by atoms with E-state index < -0.39 is 0 Å². The van der Waals surface area contributed by atoms with Crippen molar-refractivity contribution in [2.24, 2.45) is 7.05 Å². The fourth-order valence-corrected chi connectivity index (χ4v) is 2.05. The number of phenols is 1. The molecule has 0 bridgehead atoms. The Labute approximate surface area is 111 Å². The van der Waals surface area contributed by atoms with E-state index in [9.17, 15) is 5.11 Å². The Morgan fingerprint density at radius 1 is 1.33 bits per heavy atom. The van der Waals surface area contributed by atoms with Crippen molar-refractivity contribution in [3.63, 3.8) is 0 Å². The lowest BCUT2D eigenvalue weighted by Crippen LogP contribution is -2.13. The maximum Gasteiger partial charge on any atom is 0.138 e. The molecule has 0 aliphatic carbocycles. The summed E-state index contributed by atoms with van der Waals surface area (Å²) in [5.74, 6) is 0.148. The van der Waals surface area contributed by atoms with E-state index in [0.717, 1.165) is 16.8 Å². The van der Waals surface area contributed by atoms with E-state index in [1.54, 1.807) is 10.7 Å². The largest absolute Gasteiger partial charge is 0.506 e. The molecule has 2 rings (SSSR count). The van der Waals surface area contributed by atoms with Crippen LogP contribution in [0, 0.1) is 6.92 Å². The molecule has 0 aliphatic rings. The van der Waals surface area contributed by atoms with E-state index >= 15 is 0 Å². The minimum absolute atomic E-state index is 0.148. The molecule has 1 heterocycles. The van der Waals surface area contributed by atoms with Crippen molar-refractivity contribution in [1.82, 2.24) is 15.1 Å². The first-order valence-electron chi connectivity index (χ1n) is 5.74. The van der Waals surface area contributed by atoms with Gasteiger partial charge in [-0.15, -0.1) is 0 Å². The SMILES string of the molecule is Cc1nn(C)cc1CNCc1cccc(Cl)c1O. The average Bonchev–Trinajstić information content (AvgIpc) is 2.63. The van der Waals surface area contributed by atoms with Crippen molar-refractivity contribution in [1.29, 1.82) is 0 Å². The van der Waals surface area contributed by atoms with E-state index in [1.165, 1.54) is 0 Å². The molecule has 4 nitrogen and oxygen atoms in total. The van der Waals surface area contributed by atoms with Gasteiger partial charge >= 0.3 is 0 Å². The van der Waals surface area contributed by atoms with Gasteiger partial charge in [0.1, 0.15) is 5.75 Å². The van der Waals surface area contributed by atoms with Crippen LogP contribution < -0.4 is 5.32 Å². The first-order valence-corrected chi connectivity index (χ1v) is 6.12. The molecule has 1 aromatic heterocycles. The monoisotopic (exact) mass is 265 g/mol. The Bertz CT molecular complexity index is 551. The molecular formula is C13H16ClN3O. The number of halogens is 1. The highest BCUT2D eigenvalue weighted by atomic mass is 35.5. The van der Waals surface area contributed by atoms with E-state index in [2.05, 4.69) is 10.4 Å². The standard InChI is InChI=1S/C13H16ClN3O/c1-9-11(8-17(2)16-9)7-15-6-10-4-3-5-12(14)13(10)18/h3-5,8,15,18H,6-7H2,1-2H3. The summed E-state index contributed by atoms with van der Waals surface area (Å²) in [4.78, 5) is 0. The Morgan fingerprint density at radius 3 is 2.72 bits per heavy atom. The Kier molecular flexibility index (Phi) is 3.89. The van der Waals surface area contributed by atoms with Crippen molar-refractivity contribution in [3.8, 4) is 5.75 Å². The highest BCUT2D eigenvalue weighted by Crippen LogP contribution is 2.26. The lowest BCUT2D eigenvalue weighted by atomic mass is 10.2. The molecule has 0 fully saturated rings. The van der Waals surface area contributed by atoms with Crippen LogP contribution >= 0.6 is 11.6 Å². The number of rotatable bonds is 4. The topological polar surface area (TPSA) is 50.1 Å². The van der Waals surface area contributed by atoms with Crippen molar-refractivity contribution < 1.29 is 5.11 Å². The average molecular weight is 266 g/mol. The maximum atomic E-state index is 9.77. The number of hydrogen-bond acceptors (Lipinski definition) is 3. The highest BCUT2D eigenvalue weighted by molar-refractivity contribution is 6.32. The number of phenolic OH excluding ortho intramolecular Hbond substituents is 1. The third-order valence-corrected chi connectivity index (χ3v) is 3.12. The normalized spacial score (nSPS) is 10.8. The summed E-state index contributed by atoms with van der Waals surface area (Å²) in [6, 6.07) is 5.35. The summed E-state index contributed by atoms with van der Waals surface area (Å²) in [5, 5.41) is 17.7. The molecule has 18 heavy (non-hydrogen) atoms. The molecule has 0 spiro atoms. The van der Waals surface area contributed by atoms with Gasteiger partial charge in [-0.05, 0) is 13.0 Å². The molecule has 0 unspecified atom stereocenters. The summed E-state index contributed by atoms with van der Waals surface area (Å²) < 4.78 is 1.79. The van der Waals surface area contributed by atoms with Crippen molar-refractivity contribution in [3.05, 3.63) is 46.2 Å². The summed E-state index contributed by atoms with van der Waals surface area (Å²) in [5.41, 5.74) is 2.96. The van der Waals surface area contributed by atoms with Gasteiger partial charge in [-0.25, -0.2) is 0 Å². The molecular weight excluding hydrogens is 250 g/mol. The third kappa shape index (κ3) is 2.83. The van der Waals surface area contributed by atoms with E-state index in [4.69, 9.17) is 11.6 Å². The van der Waals surface area contributed by atoms with Gasteiger partial charge in [0.25, 0.3) is 0 Å². The molecule has 0 atom stereocenters. The predicted molar refractivity (Wildman–Crippen MR) is 71.6 cm³/mol. The van der Waals surface area contributed by atoms with Gasteiger partial charge in [0, 0.05) is 37.5 Å². The third-order valence-electron chi connectivity index (χ3n) is 2.82. The van der Waals surface area contributed by atoms with Crippen molar-refractivity contribution >= 4 is 11.6 Å². The van der Waals surface area contributed by atoms with Crippen LogP contribution in [0.4, 0.5) is 0 Å². The number of para-hydroxylation sites is 1. The molecule has 5 heteroatoms. The zero-order valence-electron chi connectivity index (χ0n) is 10.4. The van der Waals surface area contributed by atoms with Gasteiger partial charge in [-0.3, -0.25) is 4.68 Å². The molecule has 0 radical (unpaired) electrons. The first-order chi connectivity index (χ1) is 8.58. The predicted octanol–water partition coefficient (Wildman–Crippen LogP) is 2.38. The zero-order valence-corrected chi connectivity index (χ0v) is 11.2. The lowest BCUT2D eigenvalue weighted by molar-refractivity contribution is 0.464. The minimum Gasteiger partial charge on any atom is -0.506 e. The fraction of sp³-hybridized carbons (Fsp3) is 0.308. The Morgan fingerprint density at radius 2 is 2.06 bits per heavy atom. The quantitative estimate of drug-likeness (QED) is 0.892. The Hall–Kier alpha value is -1.52. The smallest absolute Gasteiger partial charge is 0.138 e. The van der Waals surface area contributed by atoms with Gasteiger partial charge in [-0.2, -0.15) is 5.10 Å². The summed E-state index contributed by atoms with van der Waals surface area (Å²) in [7, 11) is 1.90. The molecule has 0 aliphatic heterocycles. The van der Waals surface area contributed by atoms with Gasteiger partial charge in [-0.1, -0.05) is 23.7 Å². The van der Waals surface area contributed by atoms with Gasteiger partial charge in [0.2, 0.25) is 0 Å². The zero-order chi connectivity index (χ0) is 13.1. The van der Waals surface area contributed by atoms with Crippen LogP contribution in [0.1, 0.15) is 16.8 Å². The molecule has 96 valence electrons. The number of nitrogens with zero attached hydrogens (tertiary/aromatic N) is 2. The molecule has 0 saturated heterocycles. The van der Waals surface area contributed by atoms with Crippen LogP contribution in [0.15, 0.2) is 24.4 Å². The first kappa shape index (κ1) is 12.9. The van der Waals surface area contributed by atoms with Gasteiger partial charge in [0.15, 0.2) is 0 Å². The van der Waals surface area contributed by atoms with Crippen molar-refractivity contribution in [2.75, 3.05) is 0 Å². The van der Waals surface area contributed by atoms with E-state index in [0.29, 0.717) is 18.1 Å².